The lowest BCUT2D eigenvalue weighted by atomic mass is 10.2. The fraction of sp³-hybridized carbons (Fsp3) is 0.235. The highest BCUT2D eigenvalue weighted by molar-refractivity contribution is 7.89. The summed E-state index contributed by atoms with van der Waals surface area (Å²) in [6, 6.07) is 7.78. The van der Waals surface area contributed by atoms with Gasteiger partial charge in [-0.25, -0.2) is 8.42 Å². The first-order valence-corrected chi connectivity index (χ1v) is 9.92. The molecule has 10 heteroatoms. The van der Waals surface area contributed by atoms with Crippen molar-refractivity contribution < 1.29 is 22.7 Å². The van der Waals surface area contributed by atoms with Crippen molar-refractivity contribution in [2.24, 2.45) is 0 Å². The van der Waals surface area contributed by atoms with Crippen LogP contribution in [0.3, 0.4) is 0 Å². The molecule has 0 aliphatic carbocycles. The summed E-state index contributed by atoms with van der Waals surface area (Å²) in [5.74, 6) is -0.00119. The number of ether oxygens (including phenoxy) is 2. The van der Waals surface area contributed by atoms with Crippen LogP contribution in [0.5, 0.6) is 11.5 Å². The van der Waals surface area contributed by atoms with Crippen LogP contribution in [-0.2, 0) is 14.8 Å². The minimum atomic E-state index is -4.05. The minimum absolute atomic E-state index is 0.112. The van der Waals surface area contributed by atoms with Gasteiger partial charge in [0.2, 0.25) is 15.9 Å². The van der Waals surface area contributed by atoms with Gasteiger partial charge in [-0.1, -0.05) is 23.2 Å². The van der Waals surface area contributed by atoms with E-state index in [1.54, 1.807) is 12.1 Å². The average Bonchev–Trinajstić information content (AvgIpc) is 2.61. The number of hydrogen-bond acceptors (Lipinski definition) is 5. The summed E-state index contributed by atoms with van der Waals surface area (Å²) in [6.45, 7) is 1.41. The Morgan fingerprint density at radius 1 is 1.04 bits per heavy atom. The third-order valence-electron chi connectivity index (χ3n) is 3.56. The van der Waals surface area contributed by atoms with Crippen LogP contribution < -0.4 is 19.5 Å². The number of anilines is 1. The number of carbonyl (C=O) groups excluding carboxylic acids is 1. The molecule has 1 atom stereocenters. The SMILES string of the molecule is COc1ccc(NC(=O)[C@@H](C)NS(=O)(=O)c2cc(Cl)ccc2OC)cc1Cl. The molecular formula is C17H18Cl2N2O5S. The predicted molar refractivity (Wildman–Crippen MR) is 104 cm³/mol. The van der Waals surface area contributed by atoms with Crippen LogP contribution in [-0.4, -0.2) is 34.6 Å². The van der Waals surface area contributed by atoms with E-state index in [0.29, 0.717) is 16.5 Å². The number of hydrogen-bond donors (Lipinski definition) is 2. The molecule has 0 bridgehead atoms. The molecule has 0 heterocycles. The average molecular weight is 433 g/mol. The molecule has 0 fully saturated rings. The summed E-state index contributed by atoms with van der Waals surface area (Å²) < 4.78 is 37.6. The molecule has 1 amide bonds. The quantitative estimate of drug-likeness (QED) is 0.699. The molecule has 0 saturated heterocycles. The van der Waals surface area contributed by atoms with Crippen LogP contribution in [0.1, 0.15) is 6.92 Å². The van der Waals surface area contributed by atoms with E-state index in [1.165, 1.54) is 45.4 Å². The highest BCUT2D eigenvalue weighted by Crippen LogP contribution is 2.28. The van der Waals surface area contributed by atoms with E-state index in [9.17, 15) is 13.2 Å². The molecule has 0 radical (unpaired) electrons. The highest BCUT2D eigenvalue weighted by Gasteiger charge is 2.25. The standard InChI is InChI=1S/C17H18Cl2N2O5S/c1-10(17(22)20-12-5-7-14(25-2)13(19)9-12)21-27(23,24)16-8-11(18)4-6-15(16)26-3/h4-10,21H,1-3H3,(H,20,22)/t10-/m1/s1. The fourth-order valence-corrected chi connectivity index (χ4v) is 4.10. The van der Waals surface area contributed by atoms with Crippen LogP contribution in [0.4, 0.5) is 5.69 Å². The second kappa shape index (κ2) is 8.79. The first-order valence-electron chi connectivity index (χ1n) is 7.68. The van der Waals surface area contributed by atoms with E-state index >= 15 is 0 Å². The molecule has 7 nitrogen and oxygen atoms in total. The number of halogens is 2. The molecule has 0 spiro atoms. The van der Waals surface area contributed by atoms with Crippen LogP contribution in [0.15, 0.2) is 41.3 Å². The lowest BCUT2D eigenvalue weighted by molar-refractivity contribution is -0.117. The van der Waals surface area contributed by atoms with Gasteiger partial charge in [0.15, 0.2) is 0 Å². The lowest BCUT2D eigenvalue weighted by Crippen LogP contribution is -2.41. The maximum Gasteiger partial charge on any atom is 0.245 e. The van der Waals surface area contributed by atoms with E-state index in [-0.39, 0.29) is 15.7 Å². The maximum absolute atomic E-state index is 12.6. The van der Waals surface area contributed by atoms with E-state index < -0.39 is 22.0 Å². The first-order chi connectivity index (χ1) is 12.7. The van der Waals surface area contributed by atoms with Gasteiger partial charge < -0.3 is 14.8 Å². The van der Waals surface area contributed by atoms with Crippen molar-refractivity contribution >= 4 is 44.8 Å². The molecule has 0 saturated carbocycles. The van der Waals surface area contributed by atoms with Gasteiger partial charge in [-0.3, -0.25) is 4.79 Å². The second-order valence-electron chi connectivity index (χ2n) is 5.48. The maximum atomic E-state index is 12.6. The Balaban J connectivity index is 2.16. The largest absolute Gasteiger partial charge is 0.495 e. The van der Waals surface area contributed by atoms with Crippen LogP contribution in [0, 0.1) is 0 Å². The van der Waals surface area contributed by atoms with Crippen molar-refractivity contribution in [2.75, 3.05) is 19.5 Å². The van der Waals surface area contributed by atoms with Gasteiger partial charge >= 0.3 is 0 Å². The van der Waals surface area contributed by atoms with Gasteiger partial charge in [-0.15, -0.1) is 0 Å². The van der Waals surface area contributed by atoms with Crippen molar-refractivity contribution in [3.8, 4) is 11.5 Å². The molecule has 2 N–H and O–H groups in total. The summed E-state index contributed by atoms with van der Waals surface area (Å²) in [7, 11) is -1.24. The van der Waals surface area contributed by atoms with Gasteiger partial charge in [0, 0.05) is 10.7 Å². The number of methoxy groups -OCH3 is 2. The molecular weight excluding hydrogens is 415 g/mol. The third kappa shape index (κ3) is 5.26. The Morgan fingerprint density at radius 3 is 2.26 bits per heavy atom. The van der Waals surface area contributed by atoms with Crippen molar-refractivity contribution in [3.63, 3.8) is 0 Å². The van der Waals surface area contributed by atoms with Gasteiger partial charge in [0.25, 0.3) is 0 Å². The zero-order valence-corrected chi connectivity index (χ0v) is 17.1. The van der Waals surface area contributed by atoms with Crippen molar-refractivity contribution in [2.45, 2.75) is 17.9 Å². The van der Waals surface area contributed by atoms with Crippen molar-refractivity contribution in [1.82, 2.24) is 4.72 Å². The minimum Gasteiger partial charge on any atom is -0.495 e. The molecule has 0 unspecified atom stereocenters. The monoisotopic (exact) mass is 432 g/mol. The van der Waals surface area contributed by atoms with Gasteiger partial charge in [-0.2, -0.15) is 4.72 Å². The molecule has 2 rings (SSSR count). The Morgan fingerprint density at radius 2 is 1.67 bits per heavy atom. The second-order valence-corrected chi connectivity index (χ2v) is 8.00. The zero-order valence-electron chi connectivity index (χ0n) is 14.7. The molecule has 0 aliphatic heterocycles. The third-order valence-corrected chi connectivity index (χ3v) is 5.65. The number of rotatable bonds is 7. The van der Waals surface area contributed by atoms with Gasteiger partial charge in [0.05, 0.1) is 25.3 Å². The number of sulfonamides is 1. The normalized spacial score (nSPS) is 12.3. The molecule has 27 heavy (non-hydrogen) atoms. The van der Waals surface area contributed by atoms with Crippen LogP contribution >= 0.6 is 23.2 Å². The summed E-state index contributed by atoms with van der Waals surface area (Å²) in [6.07, 6.45) is 0. The Labute approximate surface area is 167 Å². The number of amides is 1. The van der Waals surface area contributed by atoms with Crippen molar-refractivity contribution in [3.05, 3.63) is 46.4 Å². The van der Waals surface area contributed by atoms with Crippen molar-refractivity contribution in [1.29, 1.82) is 0 Å². The molecule has 2 aromatic rings. The Kier molecular flexibility index (Phi) is 6.94. The molecule has 0 aromatic heterocycles. The van der Waals surface area contributed by atoms with Gasteiger partial charge in [0.1, 0.15) is 16.4 Å². The van der Waals surface area contributed by atoms with Gasteiger partial charge in [-0.05, 0) is 43.3 Å². The Hall–Kier alpha value is -2.00. The number of benzene rings is 2. The number of nitrogens with one attached hydrogen (secondary N) is 2. The highest BCUT2D eigenvalue weighted by atomic mass is 35.5. The predicted octanol–water partition coefficient (Wildman–Crippen LogP) is 3.32. The lowest BCUT2D eigenvalue weighted by Gasteiger charge is -2.16. The van der Waals surface area contributed by atoms with Crippen LogP contribution in [0.25, 0.3) is 0 Å². The van der Waals surface area contributed by atoms with E-state index in [1.807, 2.05) is 0 Å². The summed E-state index contributed by atoms with van der Waals surface area (Å²) >= 11 is 11.9. The summed E-state index contributed by atoms with van der Waals surface area (Å²) in [5, 5.41) is 3.12. The van der Waals surface area contributed by atoms with E-state index in [2.05, 4.69) is 10.0 Å². The van der Waals surface area contributed by atoms with E-state index in [0.717, 1.165) is 0 Å². The zero-order chi connectivity index (χ0) is 20.2. The summed E-state index contributed by atoms with van der Waals surface area (Å²) in [5.41, 5.74) is 0.400. The first kappa shape index (κ1) is 21.3. The van der Waals surface area contributed by atoms with E-state index in [4.69, 9.17) is 32.7 Å². The molecule has 0 aliphatic rings. The number of carbonyl (C=O) groups is 1. The Bertz CT molecular complexity index is 950. The molecule has 146 valence electrons. The fourth-order valence-electron chi connectivity index (χ4n) is 2.20. The summed E-state index contributed by atoms with van der Waals surface area (Å²) in [4.78, 5) is 12.2. The smallest absolute Gasteiger partial charge is 0.245 e. The van der Waals surface area contributed by atoms with Crippen LogP contribution in [0.2, 0.25) is 10.0 Å². The molecule has 2 aromatic carbocycles. The topological polar surface area (TPSA) is 93.7 Å².